The van der Waals surface area contributed by atoms with E-state index in [1.54, 1.807) is 0 Å². The van der Waals surface area contributed by atoms with Crippen molar-refractivity contribution in [1.82, 2.24) is 20.3 Å². The second-order valence-corrected chi connectivity index (χ2v) is 9.69. The predicted molar refractivity (Wildman–Crippen MR) is 96.7 cm³/mol. The lowest BCUT2D eigenvalue weighted by Gasteiger charge is -2.21. The van der Waals surface area contributed by atoms with Crippen LogP contribution in [-0.2, 0) is 16.2 Å². The normalized spacial score (nSPS) is 14.8. The van der Waals surface area contributed by atoms with Gasteiger partial charge in [-0.25, -0.2) is 0 Å². The van der Waals surface area contributed by atoms with Gasteiger partial charge in [-0.3, -0.25) is 0 Å². The molecule has 2 aromatic rings. The Morgan fingerprint density at radius 1 is 0.880 bits per heavy atom. The average Bonchev–Trinajstić information content (AvgIpc) is 3.12. The molecule has 0 spiro atoms. The van der Waals surface area contributed by atoms with E-state index in [0.29, 0.717) is 17.7 Å². The molecule has 2 aromatic heterocycles. The summed E-state index contributed by atoms with van der Waals surface area (Å²) in [5.74, 6) is 3.00. The summed E-state index contributed by atoms with van der Waals surface area (Å²) < 4.78 is 11.4. The minimum Gasteiger partial charge on any atom is -0.424 e. The third kappa shape index (κ3) is 4.67. The van der Waals surface area contributed by atoms with E-state index in [1.165, 1.54) is 0 Å². The van der Waals surface area contributed by atoms with Crippen LogP contribution in [0.4, 0.5) is 0 Å². The zero-order valence-corrected chi connectivity index (χ0v) is 17.1. The summed E-state index contributed by atoms with van der Waals surface area (Å²) >= 11 is 0. The van der Waals surface area contributed by atoms with E-state index in [9.17, 15) is 0 Å². The molecule has 0 aliphatic rings. The van der Waals surface area contributed by atoms with E-state index >= 15 is 0 Å². The predicted octanol–water partition coefficient (Wildman–Crippen LogP) is 4.91. The minimum absolute atomic E-state index is 0.103. The molecule has 25 heavy (non-hydrogen) atoms. The van der Waals surface area contributed by atoms with Crippen LogP contribution in [0.3, 0.4) is 0 Å². The highest BCUT2D eigenvalue weighted by Gasteiger charge is 2.31. The monoisotopic (exact) mass is 348 g/mol. The third-order valence-corrected chi connectivity index (χ3v) is 4.38. The number of aromatic nitrogens is 4. The zero-order chi connectivity index (χ0) is 19.0. The lowest BCUT2D eigenvalue weighted by molar-refractivity contribution is 0.290. The average molecular weight is 348 g/mol. The standard InChI is InChI=1S/C19H32N4O2/c1-12(13-20-14(23-25-13)17(2,3)4)10-11-19(8,9)16-22-21-15(24-16)18(5,6)7/h12H,10-11H2,1-9H3. The maximum Gasteiger partial charge on any atom is 0.229 e. The molecule has 2 heterocycles. The van der Waals surface area contributed by atoms with E-state index < -0.39 is 0 Å². The Hall–Kier alpha value is -1.72. The zero-order valence-electron chi connectivity index (χ0n) is 17.1. The lowest BCUT2D eigenvalue weighted by atomic mass is 9.85. The van der Waals surface area contributed by atoms with Crippen LogP contribution in [0, 0.1) is 0 Å². The summed E-state index contributed by atoms with van der Waals surface area (Å²) in [7, 11) is 0. The Kier molecular flexibility index (Phi) is 5.13. The lowest BCUT2D eigenvalue weighted by Crippen LogP contribution is -2.19. The second-order valence-electron chi connectivity index (χ2n) is 9.69. The SMILES string of the molecule is CC(CCC(C)(C)c1nnc(C(C)(C)C)o1)c1nc(C(C)(C)C)no1. The largest absolute Gasteiger partial charge is 0.424 e. The molecule has 0 radical (unpaired) electrons. The van der Waals surface area contributed by atoms with Crippen molar-refractivity contribution in [3.8, 4) is 0 Å². The fourth-order valence-corrected chi connectivity index (χ4v) is 2.35. The molecule has 1 unspecified atom stereocenters. The minimum atomic E-state index is -0.197. The first-order chi connectivity index (χ1) is 11.3. The number of hydrogen-bond donors (Lipinski definition) is 0. The Morgan fingerprint density at radius 2 is 1.48 bits per heavy atom. The van der Waals surface area contributed by atoms with Crippen LogP contribution in [0.5, 0.6) is 0 Å². The molecule has 0 fully saturated rings. The van der Waals surface area contributed by atoms with Gasteiger partial charge < -0.3 is 8.94 Å². The third-order valence-electron chi connectivity index (χ3n) is 4.38. The van der Waals surface area contributed by atoms with Gasteiger partial charge in [0.2, 0.25) is 17.7 Å². The maximum absolute atomic E-state index is 5.93. The molecule has 0 aliphatic carbocycles. The van der Waals surface area contributed by atoms with Gasteiger partial charge in [0.1, 0.15) is 0 Å². The summed E-state index contributed by atoms with van der Waals surface area (Å²) in [6.45, 7) is 18.8. The van der Waals surface area contributed by atoms with Crippen molar-refractivity contribution < 1.29 is 8.94 Å². The second kappa shape index (κ2) is 6.54. The van der Waals surface area contributed by atoms with Gasteiger partial charge in [0.05, 0.1) is 0 Å². The van der Waals surface area contributed by atoms with Crippen molar-refractivity contribution in [3.63, 3.8) is 0 Å². The highest BCUT2D eigenvalue weighted by atomic mass is 16.5. The maximum atomic E-state index is 5.93. The van der Waals surface area contributed by atoms with Gasteiger partial charge in [0, 0.05) is 22.2 Å². The quantitative estimate of drug-likeness (QED) is 0.764. The first kappa shape index (κ1) is 19.6. The van der Waals surface area contributed by atoms with E-state index in [2.05, 4.69) is 82.7 Å². The van der Waals surface area contributed by atoms with Gasteiger partial charge in [-0.2, -0.15) is 4.98 Å². The first-order valence-corrected chi connectivity index (χ1v) is 8.99. The van der Waals surface area contributed by atoms with Crippen LogP contribution in [-0.4, -0.2) is 20.3 Å². The van der Waals surface area contributed by atoms with Crippen molar-refractivity contribution in [2.75, 3.05) is 0 Å². The van der Waals surface area contributed by atoms with Gasteiger partial charge >= 0.3 is 0 Å². The summed E-state index contributed by atoms with van der Waals surface area (Å²) in [4.78, 5) is 4.56. The summed E-state index contributed by atoms with van der Waals surface area (Å²) in [6.07, 6.45) is 1.80. The van der Waals surface area contributed by atoms with Crippen LogP contribution in [0.15, 0.2) is 8.94 Å². The summed E-state index contributed by atoms with van der Waals surface area (Å²) in [5.41, 5.74) is -0.437. The van der Waals surface area contributed by atoms with Crippen LogP contribution < -0.4 is 0 Å². The van der Waals surface area contributed by atoms with Gasteiger partial charge in [-0.05, 0) is 12.8 Å². The van der Waals surface area contributed by atoms with Crippen LogP contribution in [0.1, 0.15) is 105 Å². The first-order valence-electron chi connectivity index (χ1n) is 8.99. The molecule has 0 bridgehead atoms. The van der Waals surface area contributed by atoms with Gasteiger partial charge in [-0.1, -0.05) is 67.5 Å². The summed E-state index contributed by atoms with van der Waals surface area (Å²) in [6, 6.07) is 0. The smallest absolute Gasteiger partial charge is 0.229 e. The molecular formula is C19H32N4O2. The number of nitrogens with zero attached hydrogens (tertiary/aromatic N) is 4. The Labute approximate surface area is 150 Å². The molecule has 0 aromatic carbocycles. The molecule has 6 nitrogen and oxygen atoms in total. The Morgan fingerprint density at radius 3 is 1.96 bits per heavy atom. The molecular weight excluding hydrogens is 316 g/mol. The van der Waals surface area contributed by atoms with Crippen molar-refractivity contribution in [3.05, 3.63) is 23.5 Å². The molecule has 0 amide bonds. The van der Waals surface area contributed by atoms with E-state index in [1.807, 2.05) is 0 Å². The fourth-order valence-electron chi connectivity index (χ4n) is 2.35. The van der Waals surface area contributed by atoms with Gasteiger partial charge in [0.15, 0.2) is 5.82 Å². The Balaban J connectivity index is 2.04. The number of hydrogen-bond acceptors (Lipinski definition) is 6. The molecule has 0 saturated heterocycles. The van der Waals surface area contributed by atoms with E-state index in [4.69, 9.17) is 8.94 Å². The molecule has 0 saturated carbocycles. The van der Waals surface area contributed by atoms with Crippen LogP contribution >= 0.6 is 0 Å². The van der Waals surface area contributed by atoms with E-state index in [0.717, 1.165) is 18.7 Å². The van der Waals surface area contributed by atoms with Crippen molar-refractivity contribution in [2.45, 2.75) is 97.3 Å². The molecule has 6 heteroatoms. The molecule has 2 rings (SSSR count). The molecule has 1 atom stereocenters. The van der Waals surface area contributed by atoms with Crippen molar-refractivity contribution in [1.29, 1.82) is 0 Å². The highest BCUT2D eigenvalue weighted by molar-refractivity contribution is 5.05. The number of rotatable bonds is 5. The van der Waals surface area contributed by atoms with E-state index in [-0.39, 0.29) is 22.2 Å². The van der Waals surface area contributed by atoms with Gasteiger partial charge in [0.25, 0.3) is 0 Å². The fraction of sp³-hybridized carbons (Fsp3) is 0.789. The highest BCUT2D eigenvalue weighted by Crippen LogP contribution is 2.33. The molecule has 140 valence electrons. The van der Waals surface area contributed by atoms with Crippen molar-refractivity contribution >= 4 is 0 Å². The molecule has 0 aliphatic heterocycles. The summed E-state index contributed by atoms with van der Waals surface area (Å²) in [5, 5.41) is 12.6. The van der Waals surface area contributed by atoms with Gasteiger partial charge in [-0.15, -0.1) is 10.2 Å². The van der Waals surface area contributed by atoms with Crippen LogP contribution in [0.2, 0.25) is 0 Å². The van der Waals surface area contributed by atoms with Crippen LogP contribution in [0.25, 0.3) is 0 Å². The molecule has 0 N–H and O–H groups in total. The Bertz CT molecular complexity index is 702. The topological polar surface area (TPSA) is 77.8 Å². The van der Waals surface area contributed by atoms with Crippen molar-refractivity contribution in [2.24, 2.45) is 0 Å².